The predicted octanol–water partition coefficient (Wildman–Crippen LogP) is 3.05. The molecular weight excluding hydrogens is 364 g/mol. The monoisotopic (exact) mass is 378 g/mol. The topological polar surface area (TPSA) is 94.8 Å². The summed E-state index contributed by atoms with van der Waals surface area (Å²) in [5, 5.41) is 16.4. The Balaban J connectivity index is 1.50. The van der Waals surface area contributed by atoms with E-state index in [1.807, 2.05) is 36.4 Å². The summed E-state index contributed by atoms with van der Waals surface area (Å²) in [4.78, 5) is 17.0. The van der Waals surface area contributed by atoms with Crippen LogP contribution >= 0.6 is 11.3 Å². The maximum atomic E-state index is 12.5. The van der Waals surface area contributed by atoms with Gasteiger partial charge < -0.3 is 10.1 Å². The lowest BCUT2D eigenvalue weighted by Gasteiger charge is -2.05. The van der Waals surface area contributed by atoms with Crippen molar-refractivity contribution in [3.05, 3.63) is 65.9 Å². The summed E-state index contributed by atoms with van der Waals surface area (Å²) in [6.45, 7) is 0. The van der Waals surface area contributed by atoms with Gasteiger partial charge in [0.2, 0.25) is 0 Å². The van der Waals surface area contributed by atoms with Gasteiger partial charge in [-0.2, -0.15) is 0 Å². The quantitative estimate of drug-likeness (QED) is 0.574. The van der Waals surface area contributed by atoms with Crippen LogP contribution in [-0.4, -0.2) is 38.2 Å². The first-order valence-electron chi connectivity index (χ1n) is 7.97. The SMILES string of the molecule is COc1ccc(-c2nc(C(=O)Nc3cccc(-n4cnnn4)c3)cs2)cc1. The van der Waals surface area contributed by atoms with E-state index in [1.165, 1.54) is 22.3 Å². The van der Waals surface area contributed by atoms with Crippen LogP contribution in [-0.2, 0) is 0 Å². The molecule has 0 aliphatic carbocycles. The molecule has 0 spiro atoms. The number of benzene rings is 2. The second-order valence-electron chi connectivity index (χ2n) is 5.53. The molecule has 0 saturated carbocycles. The van der Waals surface area contributed by atoms with Crippen LogP contribution in [0.3, 0.4) is 0 Å². The molecule has 9 heteroatoms. The molecule has 2 aromatic heterocycles. The number of hydrogen-bond donors (Lipinski definition) is 1. The van der Waals surface area contributed by atoms with Gasteiger partial charge in [-0.15, -0.1) is 16.4 Å². The van der Waals surface area contributed by atoms with E-state index in [4.69, 9.17) is 4.74 Å². The Labute approximate surface area is 158 Å². The summed E-state index contributed by atoms with van der Waals surface area (Å²) in [5.41, 5.74) is 2.67. The van der Waals surface area contributed by atoms with E-state index in [1.54, 1.807) is 24.6 Å². The summed E-state index contributed by atoms with van der Waals surface area (Å²) < 4.78 is 6.67. The summed E-state index contributed by atoms with van der Waals surface area (Å²) in [5.74, 6) is 0.496. The molecule has 0 aliphatic rings. The largest absolute Gasteiger partial charge is 0.497 e. The third-order valence-electron chi connectivity index (χ3n) is 3.79. The number of aromatic nitrogens is 5. The van der Waals surface area contributed by atoms with Crippen LogP contribution < -0.4 is 10.1 Å². The van der Waals surface area contributed by atoms with Gasteiger partial charge >= 0.3 is 0 Å². The highest BCUT2D eigenvalue weighted by Gasteiger charge is 2.13. The smallest absolute Gasteiger partial charge is 0.275 e. The highest BCUT2D eigenvalue weighted by molar-refractivity contribution is 7.13. The van der Waals surface area contributed by atoms with Gasteiger partial charge in [0.1, 0.15) is 22.8 Å². The van der Waals surface area contributed by atoms with Gasteiger partial charge in [-0.25, -0.2) is 9.67 Å². The van der Waals surface area contributed by atoms with Crippen LogP contribution in [0.1, 0.15) is 10.5 Å². The van der Waals surface area contributed by atoms with E-state index in [2.05, 4.69) is 25.8 Å². The average molecular weight is 378 g/mol. The molecule has 0 unspecified atom stereocenters. The van der Waals surface area contributed by atoms with Crippen molar-refractivity contribution in [2.24, 2.45) is 0 Å². The maximum absolute atomic E-state index is 12.5. The Kier molecular flexibility index (Phi) is 4.58. The Bertz CT molecular complexity index is 1060. The third-order valence-corrected chi connectivity index (χ3v) is 4.68. The van der Waals surface area contributed by atoms with Gasteiger partial charge in [0.25, 0.3) is 5.91 Å². The molecule has 4 rings (SSSR count). The molecule has 0 radical (unpaired) electrons. The van der Waals surface area contributed by atoms with Crippen molar-refractivity contribution < 1.29 is 9.53 Å². The van der Waals surface area contributed by atoms with E-state index in [0.29, 0.717) is 11.4 Å². The van der Waals surface area contributed by atoms with E-state index in [0.717, 1.165) is 22.0 Å². The van der Waals surface area contributed by atoms with Crippen molar-refractivity contribution in [2.75, 3.05) is 12.4 Å². The minimum absolute atomic E-state index is 0.278. The fourth-order valence-electron chi connectivity index (χ4n) is 2.45. The number of rotatable bonds is 5. The van der Waals surface area contributed by atoms with Gasteiger partial charge in [0.05, 0.1) is 12.8 Å². The average Bonchev–Trinajstić information content (AvgIpc) is 3.40. The molecule has 1 N–H and O–H groups in total. The number of carbonyl (C=O) groups is 1. The van der Waals surface area contributed by atoms with Crippen molar-refractivity contribution in [3.63, 3.8) is 0 Å². The Morgan fingerprint density at radius 1 is 1.19 bits per heavy atom. The number of nitrogens with one attached hydrogen (secondary N) is 1. The Morgan fingerprint density at radius 3 is 2.78 bits per heavy atom. The lowest BCUT2D eigenvalue weighted by molar-refractivity contribution is 0.102. The fraction of sp³-hybridized carbons (Fsp3) is 0.0556. The lowest BCUT2D eigenvalue weighted by Crippen LogP contribution is -2.12. The first-order valence-corrected chi connectivity index (χ1v) is 8.85. The number of hydrogen-bond acceptors (Lipinski definition) is 7. The molecule has 2 heterocycles. The normalized spacial score (nSPS) is 10.6. The van der Waals surface area contributed by atoms with Crippen LogP contribution in [0.2, 0.25) is 0 Å². The number of tetrazole rings is 1. The first kappa shape index (κ1) is 16.9. The highest BCUT2D eigenvalue weighted by Crippen LogP contribution is 2.26. The molecule has 2 aromatic carbocycles. The maximum Gasteiger partial charge on any atom is 0.275 e. The van der Waals surface area contributed by atoms with E-state index in [9.17, 15) is 4.79 Å². The third kappa shape index (κ3) is 3.67. The second-order valence-corrected chi connectivity index (χ2v) is 6.38. The molecule has 0 saturated heterocycles. The molecule has 134 valence electrons. The second kappa shape index (κ2) is 7.34. The molecule has 4 aromatic rings. The number of nitrogens with zero attached hydrogens (tertiary/aromatic N) is 5. The highest BCUT2D eigenvalue weighted by atomic mass is 32.1. The van der Waals surface area contributed by atoms with Crippen molar-refractivity contribution in [2.45, 2.75) is 0 Å². The van der Waals surface area contributed by atoms with Crippen molar-refractivity contribution >= 4 is 22.9 Å². The van der Waals surface area contributed by atoms with Crippen LogP contribution in [0, 0.1) is 0 Å². The summed E-state index contributed by atoms with van der Waals surface area (Å²) >= 11 is 1.41. The zero-order valence-corrected chi connectivity index (χ0v) is 15.1. The molecule has 8 nitrogen and oxygen atoms in total. The molecule has 0 fully saturated rings. The van der Waals surface area contributed by atoms with Crippen LogP contribution in [0.5, 0.6) is 5.75 Å². The summed E-state index contributed by atoms with van der Waals surface area (Å²) in [7, 11) is 1.62. The lowest BCUT2D eigenvalue weighted by atomic mass is 10.2. The summed E-state index contributed by atoms with van der Waals surface area (Å²) in [6.07, 6.45) is 1.49. The van der Waals surface area contributed by atoms with Crippen molar-refractivity contribution in [1.82, 2.24) is 25.2 Å². The number of amides is 1. The van der Waals surface area contributed by atoms with Gasteiger partial charge in [-0.1, -0.05) is 6.07 Å². The van der Waals surface area contributed by atoms with Crippen molar-refractivity contribution in [1.29, 1.82) is 0 Å². The van der Waals surface area contributed by atoms with Gasteiger partial charge in [-0.05, 0) is 52.9 Å². The fourth-order valence-corrected chi connectivity index (χ4v) is 3.25. The van der Waals surface area contributed by atoms with Crippen LogP contribution in [0.15, 0.2) is 60.2 Å². The zero-order valence-electron chi connectivity index (χ0n) is 14.2. The van der Waals surface area contributed by atoms with E-state index in [-0.39, 0.29) is 5.91 Å². The molecule has 1 amide bonds. The molecule has 0 aliphatic heterocycles. The van der Waals surface area contributed by atoms with Crippen molar-refractivity contribution in [3.8, 4) is 22.0 Å². The van der Waals surface area contributed by atoms with Gasteiger partial charge in [0.15, 0.2) is 0 Å². The van der Waals surface area contributed by atoms with Gasteiger partial charge in [0, 0.05) is 16.6 Å². The minimum Gasteiger partial charge on any atom is -0.497 e. The Hall–Kier alpha value is -3.59. The Morgan fingerprint density at radius 2 is 2.04 bits per heavy atom. The molecule has 0 atom stereocenters. The predicted molar refractivity (Wildman–Crippen MR) is 101 cm³/mol. The van der Waals surface area contributed by atoms with Crippen LogP contribution in [0.4, 0.5) is 5.69 Å². The number of ether oxygens (including phenoxy) is 1. The molecular formula is C18H14N6O2S. The number of anilines is 1. The first-order chi connectivity index (χ1) is 13.2. The number of methoxy groups -OCH3 is 1. The van der Waals surface area contributed by atoms with E-state index >= 15 is 0 Å². The van der Waals surface area contributed by atoms with Crippen LogP contribution in [0.25, 0.3) is 16.3 Å². The molecule has 0 bridgehead atoms. The minimum atomic E-state index is -0.278. The number of thiazole rings is 1. The molecule has 27 heavy (non-hydrogen) atoms. The van der Waals surface area contributed by atoms with Gasteiger partial charge in [-0.3, -0.25) is 4.79 Å². The zero-order chi connectivity index (χ0) is 18.6. The summed E-state index contributed by atoms with van der Waals surface area (Å²) in [6, 6.07) is 14.8. The number of carbonyl (C=O) groups excluding carboxylic acids is 1. The van der Waals surface area contributed by atoms with E-state index < -0.39 is 0 Å². The standard InChI is InChI=1S/C18H14N6O2S/c1-26-15-7-5-12(6-8-15)18-21-16(10-27-18)17(25)20-13-3-2-4-14(9-13)24-11-19-22-23-24/h2-11H,1H3,(H,20,25).